The summed E-state index contributed by atoms with van der Waals surface area (Å²) >= 11 is 5.86. The third-order valence-electron chi connectivity index (χ3n) is 3.65. The second-order valence-electron chi connectivity index (χ2n) is 5.19. The number of nitriles is 1. The molecule has 132 valence electrons. The molecule has 0 N–H and O–H groups in total. The molecule has 0 aromatic heterocycles. The van der Waals surface area contributed by atoms with Crippen molar-refractivity contribution in [2.45, 2.75) is 11.4 Å². The quantitative estimate of drug-likeness (QED) is 0.769. The number of nitrogens with zero attached hydrogens (tertiary/aromatic N) is 2. The molecular formula is C17H17ClN2O4S. The maximum Gasteiger partial charge on any atom is 0.243 e. The Morgan fingerprint density at radius 2 is 1.88 bits per heavy atom. The van der Waals surface area contributed by atoms with Gasteiger partial charge in [-0.05, 0) is 24.3 Å². The van der Waals surface area contributed by atoms with Crippen molar-refractivity contribution >= 4 is 21.6 Å². The fourth-order valence-corrected chi connectivity index (χ4v) is 3.57. The van der Waals surface area contributed by atoms with Crippen molar-refractivity contribution in [3.8, 4) is 17.6 Å². The smallest absolute Gasteiger partial charge is 0.243 e. The predicted molar refractivity (Wildman–Crippen MR) is 94.4 cm³/mol. The fraction of sp³-hybridized carbons (Fsp3) is 0.235. The van der Waals surface area contributed by atoms with Gasteiger partial charge in [0, 0.05) is 25.2 Å². The fourth-order valence-electron chi connectivity index (χ4n) is 2.24. The molecule has 25 heavy (non-hydrogen) atoms. The van der Waals surface area contributed by atoms with Crippen molar-refractivity contribution in [3.05, 3.63) is 52.5 Å². The number of hydrogen-bond donors (Lipinski definition) is 0. The van der Waals surface area contributed by atoms with Gasteiger partial charge in [-0.3, -0.25) is 0 Å². The summed E-state index contributed by atoms with van der Waals surface area (Å²) in [5.41, 5.74) is 0.794. The van der Waals surface area contributed by atoms with E-state index in [1.807, 2.05) is 6.07 Å². The third-order valence-corrected chi connectivity index (χ3v) is 5.78. The molecule has 0 atom stereocenters. The lowest BCUT2D eigenvalue weighted by Gasteiger charge is -2.19. The topological polar surface area (TPSA) is 79.6 Å². The molecule has 0 saturated heterocycles. The molecule has 0 aliphatic heterocycles. The van der Waals surface area contributed by atoms with Gasteiger partial charge in [0.05, 0.1) is 29.7 Å². The van der Waals surface area contributed by atoms with Gasteiger partial charge in [-0.15, -0.1) is 0 Å². The Morgan fingerprint density at radius 1 is 1.16 bits per heavy atom. The lowest BCUT2D eigenvalue weighted by molar-refractivity contribution is 0.384. The van der Waals surface area contributed by atoms with Crippen LogP contribution in [0.25, 0.3) is 0 Å². The van der Waals surface area contributed by atoms with E-state index in [9.17, 15) is 8.42 Å². The molecular weight excluding hydrogens is 364 g/mol. The first-order valence-corrected chi connectivity index (χ1v) is 9.02. The summed E-state index contributed by atoms with van der Waals surface area (Å²) in [7, 11) is 0.713. The van der Waals surface area contributed by atoms with E-state index in [2.05, 4.69) is 0 Å². The van der Waals surface area contributed by atoms with Crippen molar-refractivity contribution in [2.75, 3.05) is 21.3 Å². The van der Waals surface area contributed by atoms with Crippen LogP contribution in [0, 0.1) is 11.3 Å². The van der Waals surface area contributed by atoms with Gasteiger partial charge in [-0.25, -0.2) is 8.42 Å². The van der Waals surface area contributed by atoms with Gasteiger partial charge < -0.3 is 9.47 Å². The Kier molecular flexibility index (Phi) is 5.90. The standard InChI is InChI=1S/C17H17ClN2O4S/c1-20(11-12-4-5-14(23-2)9-17(12)24-3)25(21,22)15-6-7-16(18)13(8-15)10-19/h4-9H,11H2,1-3H3. The molecule has 6 nitrogen and oxygen atoms in total. The molecule has 0 radical (unpaired) electrons. The highest BCUT2D eigenvalue weighted by atomic mass is 35.5. The highest BCUT2D eigenvalue weighted by Crippen LogP contribution is 2.28. The van der Waals surface area contributed by atoms with E-state index in [0.717, 1.165) is 0 Å². The first-order valence-electron chi connectivity index (χ1n) is 7.20. The van der Waals surface area contributed by atoms with Gasteiger partial charge >= 0.3 is 0 Å². The van der Waals surface area contributed by atoms with E-state index in [4.69, 9.17) is 26.3 Å². The lowest BCUT2D eigenvalue weighted by atomic mass is 10.2. The van der Waals surface area contributed by atoms with Crippen LogP contribution >= 0.6 is 11.6 Å². The van der Waals surface area contributed by atoms with Crippen molar-refractivity contribution in [1.29, 1.82) is 5.26 Å². The van der Waals surface area contributed by atoms with Crippen LogP contribution in [0.2, 0.25) is 5.02 Å². The zero-order chi connectivity index (χ0) is 18.6. The summed E-state index contributed by atoms with van der Waals surface area (Å²) in [5.74, 6) is 1.14. The number of hydrogen-bond acceptors (Lipinski definition) is 5. The zero-order valence-corrected chi connectivity index (χ0v) is 15.6. The van der Waals surface area contributed by atoms with E-state index < -0.39 is 10.0 Å². The molecule has 0 heterocycles. The normalized spacial score (nSPS) is 11.2. The third kappa shape index (κ3) is 4.04. The second kappa shape index (κ2) is 7.74. The highest BCUT2D eigenvalue weighted by Gasteiger charge is 2.23. The van der Waals surface area contributed by atoms with Crippen LogP contribution < -0.4 is 9.47 Å². The molecule has 2 aromatic rings. The van der Waals surface area contributed by atoms with Crippen molar-refractivity contribution in [2.24, 2.45) is 0 Å². The average molecular weight is 381 g/mol. The minimum atomic E-state index is -3.79. The van der Waals surface area contributed by atoms with E-state index in [1.54, 1.807) is 25.3 Å². The van der Waals surface area contributed by atoms with Gasteiger partial charge in [0.25, 0.3) is 0 Å². The first kappa shape index (κ1) is 19.1. The van der Waals surface area contributed by atoms with E-state index >= 15 is 0 Å². The van der Waals surface area contributed by atoms with Gasteiger partial charge in [0.1, 0.15) is 17.6 Å². The zero-order valence-electron chi connectivity index (χ0n) is 14.0. The van der Waals surface area contributed by atoms with E-state index in [-0.39, 0.29) is 22.0 Å². The van der Waals surface area contributed by atoms with Crippen LogP contribution in [0.5, 0.6) is 11.5 Å². The summed E-state index contributed by atoms with van der Waals surface area (Å²) in [4.78, 5) is 0.00317. The summed E-state index contributed by atoms with van der Waals surface area (Å²) in [6.07, 6.45) is 0. The van der Waals surface area contributed by atoms with Gasteiger partial charge in [-0.1, -0.05) is 17.7 Å². The van der Waals surface area contributed by atoms with Crippen LogP contribution in [0.4, 0.5) is 0 Å². The van der Waals surface area contributed by atoms with E-state index in [0.29, 0.717) is 17.1 Å². The molecule has 0 aliphatic rings. The van der Waals surface area contributed by atoms with Gasteiger partial charge in [0.15, 0.2) is 0 Å². The first-order chi connectivity index (χ1) is 11.8. The van der Waals surface area contributed by atoms with Crippen LogP contribution in [0.3, 0.4) is 0 Å². The van der Waals surface area contributed by atoms with Crippen LogP contribution in [0.15, 0.2) is 41.3 Å². The number of benzene rings is 2. The molecule has 2 aromatic carbocycles. The summed E-state index contributed by atoms with van der Waals surface area (Å²) in [5, 5.41) is 9.24. The minimum Gasteiger partial charge on any atom is -0.497 e. The summed E-state index contributed by atoms with van der Waals surface area (Å²) in [6.45, 7) is 0.0972. The SMILES string of the molecule is COc1ccc(CN(C)S(=O)(=O)c2ccc(Cl)c(C#N)c2)c(OC)c1. The van der Waals surface area contributed by atoms with Crippen LogP contribution in [0.1, 0.15) is 11.1 Å². The largest absolute Gasteiger partial charge is 0.497 e. The maximum absolute atomic E-state index is 12.7. The summed E-state index contributed by atoms with van der Waals surface area (Å²) < 4.78 is 37.1. The summed E-state index contributed by atoms with van der Waals surface area (Å²) in [6, 6.07) is 11.1. The number of methoxy groups -OCH3 is 2. The Bertz CT molecular complexity index is 923. The van der Waals surface area contributed by atoms with Gasteiger partial charge in [0.2, 0.25) is 10.0 Å². The molecule has 0 amide bonds. The molecule has 0 fully saturated rings. The maximum atomic E-state index is 12.7. The van der Waals surface area contributed by atoms with Crippen molar-refractivity contribution < 1.29 is 17.9 Å². The van der Waals surface area contributed by atoms with Crippen LogP contribution in [-0.4, -0.2) is 34.0 Å². The Morgan fingerprint density at radius 3 is 2.48 bits per heavy atom. The van der Waals surface area contributed by atoms with Crippen molar-refractivity contribution in [3.63, 3.8) is 0 Å². The molecule has 0 aliphatic carbocycles. The Labute approximate surface area is 152 Å². The van der Waals surface area contributed by atoms with E-state index in [1.165, 1.54) is 36.7 Å². The molecule has 0 unspecified atom stereocenters. The monoisotopic (exact) mass is 380 g/mol. The second-order valence-corrected chi connectivity index (χ2v) is 7.64. The lowest BCUT2D eigenvalue weighted by Crippen LogP contribution is -2.26. The Balaban J connectivity index is 2.34. The van der Waals surface area contributed by atoms with Gasteiger partial charge in [-0.2, -0.15) is 9.57 Å². The molecule has 0 spiro atoms. The molecule has 0 bridgehead atoms. The number of rotatable bonds is 6. The average Bonchev–Trinajstić information content (AvgIpc) is 2.62. The number of sulfonamides is 1. The Hall–Kier alpha value is -2.27. The number of ether oxygens (including phenoxy) is 2. The predicted octanol–water partition coefficient (Wildman–Crippen LogP) is 3.05. The number of halogens is 1. The minimum absolute atomic E-state index is 0.00317. The highest BCUT2D eigenvalue weighted by molar-refractivity contribution is 7.89. The molecule has 0 saturated carbocycles. The molecule has 8 heteroatoms. The van der Waals surface area contributed by atoms with Crippen LogP contribution in [-0.2, 0) is 16.6 Å². The van der Waals surface area contributed by atoms with Crippen molar-refractivity contribution in [1.82, 2.24) is 4.31 Å². The molecule has 2 rings (SSSR count).